The summed E-state index contributed by atoms with van der Waals surface area (Å²) in [5.74, 6) is 0.585. The normalized spacial score (nSPS) is 11.5. The SMILES string of the molecule is CCCCC(CC)CNC(=O)C(=O)NCCc1ccc(OC)c(OC)c1. The summed E-state index contributed by atoms with van der Waals surface area (Å²) in [5.41, 5.74) is 0.994. The maximum atomic E-state index is 11.9. The fraction of sp³-hybridized carbons (Fsp3) is 0.600. The quantitative estimate of drug-likeness (QED) is 0.592. The van der Waals surface area contributed by atoms with Crippen molar-refractivity contribution in [3.05, 3.63) is 23.8 Å². The molecule has 0 aliphatic heterocycles. The Balaban J connectivity index is 2.38. The molecule has 0 aliphatic rings. The van der Waals surface area contributed by atoms with Gasteiger partial charge in [-0.1, -0.05) is 39.2 Å². The van der Waals surface area contributed by atoms with E-state index in [0.717, 1.165) is 31.2 Å². The molecule has 0 saturated carbocycles. The molecule has 0 saturated heterocycles. The number of ether oxygens (including phenoxy) is 2. The monoisotopic (exact) mass is 364 g/mol. The third-order valence-electron chi connectivity index (χ3n) is 4.45. The third kappa shape index (κ3) is 7.33. The van der Waals surface area contributed by atoms with Gasteiger partial charge in [0.2, 0.25) is 0 Å². The van der Waals surface area contributed by atoms with E-state index in [1.165, 1.54) is 0 Å². The van der Waals surface area contributed by atoms with Gasteiger partial charge in [0.15, 0.2) is 11.5 Å². The predicted molar refractivity (Wildman–Crippen MR) is 103 cm³/mol. The van der Waals surface area contributed by atoms with Crippen molar-refractivity contribution in [3.8, 4) is 11.5 Å². The largest absolute Gasteiger partial charge is 0.493 e. The van der Waals surface area contributed by atoms with E-state index in [2.05, 4.69) is 24.5 Å². The molecular formula is C20H32N2O4. The summed E-state index contributed by atoms with van der Waals surface area (Å²) < 4.78 is 10.5. The first-order valence-corrected chi connectivity index (χ1v) is 9.32. The number of amides is 2. The zero-order valence-electron chi connectivity index (χ0n) is 16.4. The molecule has 1 aromatic rings. The smallest absolute Gasteiger partial charge is 0.309 e. The molecular weight excluding hydrogens is 332 g/mol. The number of hydrogen-bond donors (Lipinski definition) is 2. The van der Waals surface area contributed by atoms with Crippen LogP contribution in [0.5, 0.6) is 11.5 Å². The van der Waals surface area contributed by atoms with Gasteiger partial charge in [-0.15, -0.1) is 0 Å². The van der Waals surface area contributed by atoms with Crippen LogP contribution in [0.2, 0.25) is 0 Å². The van der Waals surface area contributed by atoms with Crippen molar-refractivity contribution in [3.63, 3.8) is 0 Å². The Morgan fingerprint density at radius 3 is 2.35 bits per heavy atom. The average Bonchev–Trinajstić information content (AvgIpc) is 2.67. The molecule has 0 aliphatic carbocycles. The minimum atomic E-state index is -0.587. The van der Waals surface area contributed by atoms with E-state index in [-0.39, 0.29) is 0 Å². The van der Waals surface area contributed by atoms with Crippen LogP contribution in [0, 0.1) is 5.92 Å². The van der Waals surface area contributed by atoms with Gasteiger partial charge in [0.25, 0.3) is 0 Å². The molecule has 0 bridgehead atoms. The lowest BCUT2D eigenvalue weighted by atomic mass is 9.99. The summed E-state index contributed by atoms with van der Waals surface area (Å²) in [6.45, 7) is 5.19. The zero-order chi connectivity index (χ0) is 19.4. The Labute approximate surface area is 156 Å². The molecule has 6 heteroatoms. The summed E-state index contributed by atoms with van der Waals surface area (Å²) in [6, 6.07) is 5.60. The number of benzene rings is 1. The Hall–Kier alpha value is -2.24. The molecule has 1 aromatic carbocycles. The maximum absolute atomic E-state index is 11.9. The number of rotatable bonds is 11. The lowest BCUT2D eigenvalue weighted by Gasteiger charge is -2.15. The Kier molecular flexibility index (Phi) is 10.2. The molecule has 2 amide bonds. The van der Waals surface area contributed by atoms with Crippen LogP contribution < -0.4 is 20.1 Å². The van der Waals surface area contributed by atoms with Crippen molar-refractivity contribution in [1.82, 2.24) is 10.6 Å². The molecule has 0 fully saturated rings. The first kappa shape index (κ1) is 21.8. The van der Waals surface area contributed by atoms with Crippen molar-refractivity contribution < 1.29 is 19.1 Å². The van der Waals surface area contributed by atoms with Crippen molar-refractivity contribution in [2.75, 3.05) is 27.3 Å². The number of hydrogen-bond acceptors (Lipinski definition) is 4. The van der Waals surface area contributed by atoms with Crippen LogP contribution in [0.1, 0.15) is 45.1 Å². The van der Waals surface area contributed by atoms with E-state index in [4.69, 9.17) is 9.47 Å². The summed E-state index contributed by atoms with van der Waals surface area (Å²) in [6.07, 6.45) is 4.97. The minimum Gasteiger partial charge on any atom is -0.493 e. The molecule has 0 spiro atoms. The molecule has 1 rings (SSSR count). The lowest BCUT2D eigenvalue weighted by molar-refractivity contribution is -0.139. The van der Waals surface area contributed by atoms with Crippen LogP contribution in [-0.4, -0.2) is 39.1 Å². The van der Waals surface area contributed by atoms with Crippen molar-refractivity contribution in [2.45, 2.75) is 46.0 Å². The van der Waals surface area contributed by atoms with Crippen LogP contribution in [0.4, 0.5) is 0 Å². The standard InChI is InChI=1S/C20H32N2O4/c1-5-7-8-15(6-2)14-22-20(24)19(23)21-12-11-16-9-10-17(25-3)18(13-16)26-4/h9-10,13,15H,5-8,11-12,14H2,1-4H3,(H,21,23)(H,22,24). The van der Waals surface area contributed by atoms with Crippen LogP contribution in [0.15, 0.2) is 18.2 Å². The van der Waals surface area contributed by atoms with Gasteiger partial charge in [0.1, 0.15) is 0 Å². The van der Waals surface area contributed by atoms with E-state index < -0.39 is 11.8 Å². The van der Waals surface area contributed by atoms with E-state index in [1.54, 1.807) is 14.2 Å². The van der Waals surface area contributed by atoms with Crippen LogP contribution >= 0.6 is 0 Å². The summed E-state index contributed by atoms with van der Waals surface area (Å²) >= 11 is 0. The molecule has 146 valence electrons. The van der Waals surface area contributed by atoms with Gasteiger partial charge in [0, 0.05) is 13.1 Å². The first-order chi connectivity index (χ1) is 12.5. The second kappa shape index (κ2) is 12.2. The molecule has 1 atom stereocenters. The fourth-order valence-corrected chi connectivity index (χ4v) is 2.70. The van der Waals surface area contributed by atoms with Crippen molar-refractivity contribution in [1.29, 1.82) is 0 Å². The molecule has 0 aromatic heterocycles. The van der Waals surface area contributed by atoms with Crippen LogP contribution in [0.3, 0.4) is 0 Å². The summed E-state index contributed by atoms with van der Waals surface area (Å²) in [5, 5.41) is 5.40. The van der Waals surface area contributed by atoms with Crippen LogP contribution in [0.25, 0.3) is 0 Å². The highest BCUT2D eigenvalue weighted by atomic mass is 16.5. The second-order valence-corrected chi connectivity index (χ2v) is 6.32. The molecule has 2 N–H and O–H groups in total. The minimum absolute atomic E-state index is 0.384. The highest BCUT2D eigenvalue weighted by Crippen LogP contribution is 2.27. The van der Waals surface area contributed by atoms with Crippen molar-refractivity contribution >= 4 is 11.8 Å². The maximum Gasteiger partial charge on any atom is 0.309 e. The highest BCUT2D eigenvalue weighted by Gasteiger charge is 2.15. The number of unbranched alkanes of at least 4 members (excludes halogenated alkanes) is 1. The summed E-state index contributed by atoms with van der Waals surface area (Å²) in [4.78, 5) is 23.8. The van der Waals surface area contributed by atoms with Crippen LogP contribution in [-0.2, 0) is 16.0 Å². The Bertz CT molecular complexity index is 575. The van der Waals surface area contributed by atoms with Crippen molar-refractivity contribution in [2.24, 2.45) is 5.92 Å². The first-order valence-electron chi connectivity index (χ1n) is 9.32. The Morgan fingerprint density at radius 2 is 1.73 bits per heavy atom. The van der Waals surface area contributed by atoms with E-state index >= 15 is 0 Å². The second-order valence-electron chi connectivity index (χ2n) is 6.32. The predicted octanol–water partition coefficient (Wildman–Crippen LogP) is 2.70. The average molecular weight is 364 g/mol. The van der Waals surface area contributed by atoms with E-state index in [0.29, 0.717) is 36.9 Å². The molecule has 26 heavy (non-hydrogen) atoms. The molecule has 6 nitrogen and oxygen atoms in total. The lowest BCUT2D eigenvalue weighted by Crippen LogP contribution is -2.42. The number of nitrogens with one attached hydrogen (secondary N) is 2. The number of carbonyl (C=O) groups excluding carboxylic acids is 2. The zero-order valence-corrected chi connectivity index (χ0v) is 16.4. The van der Waals surface area contributed by atoms with Gasteiger partial charge in [-0.25, -0.2) is 0 Å². The third-order valence-corrected chi connectivity index (χ3v) is 4.45. The highest BCUT2D eigenvalue weighted by molar-refractivity contribution is 6.35. The van der Waals surface area contributed by atoms with Gasteiger partial charge < -0.3 is 20.1 Å². The molecule has 1 unspecified atom stereocenters. The number of carbonyl (C=O) groups is 2. The van der Waals surface area contributed by atoms with Gasteiger partial charge in [0.05, 0.1) is 14.2 Å². The van der Waals surface area contributed by atoms with E-state index in [9.17, 15) is 9.59 Å². The van der Waals surface area contributed by atoms with Gasteiger partial charge in [-0.3, -0.25) is 9.59 Å². The van der Waals surface area contributed by atoms with Gasteiger partial charge in [-0.05, 0) is 36.5 Å². The summed E-state index contributed by atoms with van der Waals surface area (Å²) in [7, 11) is 3.17. The molecule has 0 radical (unpaired) electrons. The fourth-order valence-electron chi connectivity index (χ4n) is 2.70. The van der Waals surface area contributed by atoms with Gasteiger partial charge >= 0.3 is 11.8 Å². The Morgan fingerprint density at radius 1 is 1.04 bits per heavy atom. The van der Waals surface area contributed by atoms with Gasteiger partial charge in [-0.2, -0.15) is 0 Å². The van der Waals surface area contributed by atoms with E-state index in [1.807, 2.05) is 18.2 Å². The molecule has 0 heterocycles. The number of methoxy groups -OCH3 is 2. The topological polar surface area (TPSA) is 76.7 Å².